The average molecular weight is 245 g/mol. The largest absolute Gasteiger partial charge is 0.379 e. The summed E-state index contributed by atoms with van der Waals surface area (Å²) in [5.41, 5.74) is 3.09. The van der Waals surface area contributed by atoms with Crippen LogP contribution in [-0.2, 0) is 10.2 Å². The lowest BCUT2D eigenvalue weighted by Crippen LogP contribution is -2.53. The molecule has 1 aromatic rings. The van der Waals surface area contributed by atoms with Gasteiger partial charge in [-0.2, -0.15) is 0 Å². The van der Waals surface area contributed by atoms with Crippen LogP contribution in [0.4, 0.5) is 0 Å². The van der Waals surface area contributed by atoms with Crippen LogP contribution in [0.1, 0.15) is 43.7 Å². The van der Waals surface area contributed by atoms with Crippen LogP contribution in [-0.4, -0.2) is 25.8 Å². The normalized spacial score (nSPS) is 21.9. The van der Waals surface area contributed by atoms with E-state index in [1.807, 2.05) is 0 Å². The van der Waals surface area contributed by atoms with E-state index < -0.39 is 0 Å². The van der Waals surface area contributed by atoms with Gasteiger partial charge in [-0.25, -0.2) is 0 Å². The smallest absolute Gasteiger partial charge is 0.0598 e. The number of ether oxygens (including phenoxy) is 1. The van der Waals surface area contributed by atoms with Gasteiger partial charge in [-0.15, -0.1) is 0 Å². The van der Waals surface area contributed by atoms with Gasteiger partial charge < -0.3 is 10.1 Å². The lowest BCUT2D eigenvalue weighted by Gasteiger charge is -2.42. The average Bonchev–Trinajstić information content (AvgIpc) is 3.12. The quantitative estimate of drug-likeness (QED) is 0.861. The molecule has 1 aliphatic carbocycles. The first-order chi connectivity index (χ1) is 8.70. The number of hydrogen-bond acceptors (Lipinski definition) is 2. The molecule has 1 saturated carbocycles. The molecule has 1 heterocycles. The number of benzene rings is 1. The molecular formula is C16H23NO. The van der Waals surface area contributed by atoms with Gasteiger partial charge in [0.15, 0.2) is 0 Å². The van der Waals surface area contributed by atoms with Crippen molar-refractivity contribution in [1.82, 2.24) is 5.32 Å². The Hall–Kier alpha value is -0.860. The van der Waals surface area contributed by atoms with E-state index in [2.05, 4.69) is 43.4 Å². The van der Waals surface area contributed by atoms with Crippen molar-refractivity contribution < 1.29 is 4.74 Å². The second-order valence-corrected chi connectivity index (χ2v) is 6.21. The van der Waals surface area contributed by atoms with Crippen LogP contribution in [0.15, 0.2) is 24.3 Å². The summed E-state index contributed by atoms with van der Waals surface area (Å²) in [6, 6.07) is 9.92. The SMILES string of the molecule is CC(C)c1ccc(C2(CNC3CC3)COC2)cc1. The van der Waals surface area contributed by atoms with Crippen LogP contribution in [0.25, 0.3) is 0 Å². The van der Waals surface area contributed by atoms with Gasteiger partial charge >= 0.3 is 0 Å². The van der Waals surface area contributed by atoms with Crippen molar-refractivity contribution in [2.24, 2.45) is 0 Å². The zero-order valence-electron chi connectivity index (χ0n) is 11.4. The second-order valence-electron chi connectivity index (χ2n) is 6.21. The maximum atomic E-state index is 5.48. The van der Waals surface area contributed by atoms with Gasteiger partial charge in [-0.1, -0.05) is 38.1 Å². The Morgan fingerprint density at radius 1 is 1.22 bits per heavy atom. The maximum absolute atomic E-state index is 5.48. The van der Waals surface area contributed by atoms with Crippen molar-refractivity contribution in [3.63, 3.8) is 0 Å². The second kappa shape index (κ2) is 4.67. The molecule has 0 bridgehead atoms. The summed E-state index contributed by atoms with van der Waals surface area (Å²) in [5.74, 6) is 0.609. The first kappa shape index (κ1) is 12.2. The van der Waals surface area contributed by atoms with Gasteiger partial charge in [-0.05, 0) is 29.9 Å². The van der Waals surface area contributed by atoms with E-state index in [4.69, 9.17) is 4.74 Å². The van der Waals surface area contributed by atoms with Crippen LogP contribution in [0, 0.1) is 0 Å². The Morgan fingerprint density at radius 3 is 2.33 bits per heavy atom. The maximum Gasteiger partial charge on any atom is 0.0598 e. The minimum Gasteiger partial charge on any atom is -0.379 e. The molecule has 2 nitrogen and oxygen atoms in total. The summed E-state index contributed by atoms with van der Waals surface area (Å²) in [4.78, 5) is 0. The predicted octanol–water partition coefficient (Wildman–Crippen LogP) is 2.83. The molecule has 1 N–H and O–H groups in total. The topological polar surface area (TPSA) is 21.3 Å². The monoisotopic (exact) mass is 245 g/mol. The molecule has 1 aliphatic heterocycles. The Morgan fingerprint density at radius 2 is 1.89 bits per heavy atom. The van der Waals surface area contributed by atoms with Crippen molar-refractivity contribution >= 4 is 0 Å². The van der Waals surface area contributed by atoms with Crippen LogP contribution >= 0.6 is 0 Å². The zero-order valence-corrected chi connectivity index (χ0v) is 11.4. The van der Waals surface area contributed by atoms with Gasteiger partial charge in [-0.3, -0.25) is 0 Å². The van der Waals surface area contributed by atoms with Crippen molar-refractivity contribution in [2.75, 3.05) is 19.8 Å². The zero-order chi connectivity index (χ0) is 12.6. The van der Waals surface area contributed by atoms with E-state index in [0.29, 0.717) is 5.92 Å². The van der Waals surface area contributed by atoms with Gasteiger partial charge in [0.2, 0.25) is 0 Å². The molecule has 1 aromatic carbocycles. The van der Waals surface area contributed by atoms with Gasteiger partial charge in [0.05, 0.1) is 18.6 Å². The van der Waals surface area contributed by atoms with Gasteiger partial charge in [0.1, 0.15) is 0 Å². The third-order valence-electron chi connectivity index (χ3n) is 4.25. The van der Waals surface area contributed by atoms with E-state index in [1.54, 1.807) is 0 Å². The number of nitrogens with one attached hydrogen (secondary N) is 1. The first-order valence-electron chi connectivity index (χ1n) is 7.11. The van der Waals surface area contributed by atoms with Crippen LogP contribution < -0.4 is 5.32 Å². The molecule has 1 saturated heterocycles. The van der Waals surface area contributed by atoms with Crippen LogP contribution in [0.2, 0.25) is 0 Å². The third-order valence-corrected chi connectivity index (χ3v) is 4.25. The van der Waals surface area contributed by atoms with Crippen molar-refractivity contribution in [1.29, 1.82) is 0 Å². The van der Waals surface area contributed by atoms with Crippen molar-refractivity contribution in [3.8, 4) is 0 Å². The lowest BCUT2D eigenvalue weighted by molar-refractivity contribution is -0.0591. The minimum absolute atomic E-state index is 0.234. The Labute approximate surface area is 110 Å². The molecule has 2 fully saturated rings. The fourth-order valence-corrected chi connectivity index (χ4v) is 2.57. The molecule has 0 unspecified atom stereocenters. The van der Waals surface area contributed by atoms with E-state index in [9.17, 15) is 0 Å². The van der Waals surface area contributed by atoms with Crippen LogP contribution in [0.5, 0.6) is 0 Å². The van der Waals surface area contributed by atoms with Crippen molar-refractivity contribution in [2.45, 2.75) is 44.1 Å². The molecule has 2 aliphatic rings. The standard InChI is InChI=1S/C16H23NO/c1-12(2)13-3-5-14(6-4-13)16(10-18-11-16)9-17-15-7-8-15/h3-6,12,15,17H,7-11H2,1-2H3. The fraction of sp³-hybridized carbons (Fsp3) is 0.625. The summed E-state index contributed by atoms with van der Waals surface area (Å²) < 4.78 is 5.48. The molecule has 0 aromatic heterocycles. The minimum atomic E-state index is 0.234. The predicted molar refractivity (Wildman–Crippen MR) is 74.1 cm³/mol. The fourth-order valence-electron chi connectivity index (χ4n) is 2.57. The summed E-state index contributed by atoms with van der Waals surface area (Å²) in [5, 5.41) is 3.66. The molecule has 0 radical (unpaired) electrons. The highest BCUT2D eigenvalue weighted by molar-refractivity contribution is 5.33. The molecule has 0 amide bonds. The molecule has 18 heavy (non-hydrogen) atoms. The first-order valence-corrected chi connectivity index (χ1v) is 7.11. The highest BCUT2D eigenvalue weighted by Gasteiger charge is 2.41. The molecule has 3 rings (SSSR count). The van der Waals surface area contributed by atoms with E-state index in [0.717, 1.165) is 25.8 Å². The third kappa shape index (κ3) is 2.32. The van der Waals surface area contributed by atoms with E-state index in [-0.39, 0.29) is 5.41 Å². The van der Waals surface area contributed by atoms with E-state index in [1.165, 1.54) is 24.0 Å². The summed E-state index contributed by atoms with van der Waals surface area (Å²) in [6.07, 6.45) is 2.70. The van der Waals surface area contributed by atoms with Crippen LogP contribution in [0.3, 0.4) is 0 Å². The summed E-state index contributed by atoms with van der Waals surface area (Å²) in [6.45, 7) is 7.29. The summed E-state index contributed by atoms with van der Waals surface area (Å²) in [7, 11) is 0. The highest BCUT2D eigenvalue weighted by Crippen LogP contribution is 2.33. The highest BCUT2D eigenvalue weighted by atomic mass is 16.5. The molecule has 0 spiro atoms. The molecule has 2 heteroatoms. The lowest BCUT2D eigenvalue weighted by atomic mass is 9.78. The van der Waals surface area contributed by atoms with Crippen molar-refractivity contribution in [3.05, 3.63) is 35.4 Å². The van der Waals surface area contributed by atoms with Gasteiger partial charge in [0.25, 0.3) is 0 Å². The Bertz CT molecular complexity index is 402. The Balaban J connectivity index is 1.73. The number of rotatable bonds is 5. The molecule has 98 valence electrons. The molecule has 0 atom stereocenters. The molecular weight excluding hydrogens is 222 g/mol. The van der Waals surface area contributed by atoms with Gasteiger partial charge in [0, 0.05) is 12.6 Å². The number of hydrogen-bond donors (Lipinski definition) is 1. The van der Waals surface area contributed by atoms with E-state index >= 15 is 0 Å². The summed E-state index contributed by atoms with van der Waals surface area (Å²) >= 11 is 0. The Kier molecular flexibility index (Phi) is 3.16.